The van der Waals surface area contributed by atoms with E-state index in [1.165, 1.54) is 0 Å². The molecule has 0 amide bonds. The molecule has 5 rings (SSSR count). The number of hydrogen-bond donors (Lipinski definition) is 0. The molecule has 6 heteroatoms. The van der Waals surface area contributed by atoms with E-state index < -0.39 is 0 Å². The summed E-state index contributed by atoms with van der Waals surface area (Å²) in [6.45, 7) is 5.09. The van der Waals surface area contributed by atoms with Gasteiger partial charge in [0.05, 0.1) is 17.1 Å². The second-order valence-electron chi connectivity index (χ2n) is 8.06. The van der Waals surface area contributed by atoms with Crippen LogP contribution in [0.25, 0.3) is 33.8 Å². The molecule has 0 aliphatic carbocycles. The Balaban J connectivity index is 1.58. The van der Waals surface area contributed by atoms with Crippen LogP contribution in [0.3, 0.4) is 0 Å². The lowest BCUT2D eigenvalue weighted by atomic mass is 9.85. The van der Waals surface area contributed by atoms with Crippen molar-refractivity contribution in [1.82, 2.24) is 19.5 Å². The van der Waals surface area contributed by atoms with E-state index in [2.05, 4.69) is 23.8 Å². The summed E-state index contributed by atoms with van der Waals surface area (Å²) >= 11 is 0. The summed E-state index contributed by atoms with van der Waals surface area (Å²) in [6, 6.07) is 11.2. The molecule has 0 atom stereocenters. The minimum Gasteiger partial charge on any atom is -0.434 e. The smallest absolute Gasteiger partial charge is 0.261 e. The highest BCUT2D eigenvalue weighted by atomic mass is 16.4. The SMILES string of the molecule is CC1(C)CCc2nc3cc(-c4ncc(-c5ccccn5)o4)ccc3c(=O)n2C1. The molecule has 0 bridgehead atoms. The number of fused-ring (bicyclic) bond motifs is 2. The monoisotopic (exact) mass is 372 g/mol. The largest absolute Gasteiger partial charge is 0.434 e. The van der Waals surface area contributed by atoms with Crippen LogP contribution >= 0.6 is 0 Å². The maximum absolute atomic E-state index is 13.0. The molecular weight excluding hydrogens is 352 g/mol. The first kappa shape index (κ1) is 16.9. The molecule has 1 aliphatic heterocycles. The molecule has 1 aliphatic rings. The van der Waals surface area contributed by atoms with Gasteiger partial charge in [-0.3, -0.25) is 14.3 Å². The molecule has 140 valence electrons. The number of benzene rings is 1. The molecule has 0 N–H and O–H groups in total. The van der Waals surface area contributed by atoms with Crippen LogP contribution in [0.5, 0.6) is 0 Å². The average Bonchev–Trinajstić information content (AvgIpc) is 3.19. The van der Waals surface area contributed by atoms with E-state index in [4.69, 9.17) is 9.40 Å². The van der Waals surface area contributed by atoms with E-state index in [9.17, 15) is 4.79 Å². The quantitative estimate of drug-likeness (QED) is 0.530. The van der Waals surface area contributed by atoms with Crippen LogP contribution < -0.4 is 5.56 Å². The maximum atomic E-state index is 13.0. The number of oxazole rings is 1. The second kappa shape index (κ2) is 6.12. The van der Waals surface area contributed by atoms with E-state index in [-0.39, 0.29) is 11.0 Å². The Morgan fingerprint density at radius 3 is 2.86 bits per heavy atom. The van der Waals surface area contributed by atoms with Crippen molar-refractivity contribution in [2.45, 2.75) is 33.2 Å². The average molecular weight is 372 g/mol. The molecule has 0 saturated carbocycles. The summed E-state index contributed by atoms with van der Waals surface area (Å²) in [5, 5.41) is 0.627. The van der Waals surface area contributed by atoms with Gasteiger partial charge in [-0.25, -0.2) is 9.97 Å². The third-order valence-corrected chi connectivity index (χ3v) is 5.32. The van der Waals surface area contributed by atoms with Gasteiger partial charge in [0.25, 0.3) is 5.56 Å². The Kier molecular flexibility index (Phi) is 3.69. The highest BCUT2D eigenvalue weighted by molar-refractivity contribution is 5.82. The van der Waals surface area contributed by atoms with Gasteiger partial charge < -0.3 is 4.42 Å². The molecule has 6 nitrogen and oxygen atoms in total. The third-order valence-electron chi connectivity index (χ3n) is 5.32. The molecule has 4 aromatic rings. The first-order valence-corrected chi connectivity index (χ1v) is 9.41. The minimum absolute atomic E-state index is 0.0286. The standard InChI is InChI=1S/C22H20N4O2/c1-22(2)9-8-19-25-17-11-14(6-7-15(17)21(27)26(19)13-22)20-24-12-18(28-20)16-5-3-4-10-23-16/h3-7,10-12H,8-9,13H2,1-2H3. The van der Waals surface area contributed by atoms with Gasteiger partial charge in [0.15, 0.2) is 5.76 Å². The van der Waals surface area contributed by atoms with Gasteiger partial charge in [-0.2, -0.15) is 0 Å². The Hall–Kier alpha value is -3.28. The fourth-order valence-corrected chi connectivity index (χ4v) is 3.75. The van der Waals surface area contributed by atoms with Crippen LogP contribution in [0.15, 0.2) is 58.0 Å². The summed E-state index contributed by atoms with van der Waals surface area (Å²) in [5.41, 5.74) is 2.36. The zero-order valence-corrected chi connectivity index (χ0v) is 15.8. The van der Waals surface area contributed by atoms with Crippen molar-refractivity contribution in [3.8, 4) is 22.9 Å². The molecule has 0 fully saturated rings. The van der Waals surface area contributed by atoms with E-state index in [1.807, 2.05) is 41.0 Å². The predicted molar refractivity (Wildman–Crippen MR) is 107 cm³/mol. The van der Waals surface area contributed by atoms with Gasteiger partial charge in [-0.15, -0.1) is 0 Å². The number of rotatable bonds is 2. The fourth-order valence-electron chi connectivity index (χ4n) is 3.75. The topological polar surface area (TPSA) is 73.8 Å². The van der Waals surface area contributed by atoms with Crippen molar-refractivity contribution < 1.29 is 4.42 Å². The normalized spacial score (nSPS) is 15.5. The summed E-state index contributed by atoms with van der Waals surface area (Å²) in [6.07, 6.45) is 5.22. The van der Waals surface area contributed by atoms with Crippen molar-refractivity contribution in [2.24, 2.45) is 5.41 Å². The predicted octanol–water partition coefficient (Wildman–Crippen LogP) is 4.09. The van der Waals surface area contributed by atoms with Gasteiger partial charge in [0, 0.05) is 24.7 Å². The zero-order valence-electron chi connectivity index (χ0n) is 15.8. The molecular formula is C22H20N4O2. The van der Waals surface area contributed by atoms with Crippen LogP contribution in [-0.2, 0) is 13.0 Å². The molecule has 0 radical (unpaired) electrons. The Morgan fingerprint density at radius 1 is 1.14 bits per heavy atom. The molecule has 1 aromatic carbocycles. The van der Waals surface area contributed by atoms with Crippen LogP contribution in [0, 0.1) is 5.41 Å². The summed E-state index contributed by atoms with van der Waals surface area (Å²) in [4.78, 5) is 26.4. The summed E-state index contributed by atoms with van der Waals surface area (Å²) in [5.74, 6) is 1.95. The van der Waals surface area contributed by atoms with Crippen molar-refractivity contribution in [1.29, 1.82) is 0 Å². The molecule has 0 saturated heterocycles. The lowest BCUT2D eigenvalue weighted by molar-refractivity contribution is 0.240. The van der Waals surface area contributed by atoms with Crippen molar-refractivity contribution in [3.63, 3.8) is 0 Å². The van der Waals surface area contributed by atoms with Crippen LogP contribution in [-0.4, -0.2) is 19.5 Å². The molecule has 0 spiro atoms. The fraction of sp³-hybridized carbons (Fsp3) is 0.273. The number of pyridine rings is 1. The van der Waals surface area contributed by atoms with Crippen molar-refractivity contribution in [2.75, 3.05) is 0 Å². The van der Waals surface area contributed by atoms with Gasteiger partial charge in [0.2, 0.25) is 5.89 Å². The van der Waals surface area contributed by atoms with E-state index >= 15 is 0 Å². The van der Waals surface area contributed by atoms with Crippen LogP contribution in [0.2, 0.25) is 0 Å². The van der Waals surface area contributed by atoms with E-state index in [1.54, 1.807) is 12.4 Å². The van der Waals surface area contributed by atoms with Crippen LogP contribution in [0.1, 0.15) is 26.1 Å². The summed E-state index contributed by atoms with van der Waals surface area (Å²) < 4.78 is 7.72. The highest BCUT2D eigenvalue weighted by Crippen LogP contribution is 2.30. The minimum atomic E-state index is 0.0286. The molecule has 4 heterocycles. The van der Waals surface area contributed by atoms with Gasteiger partial charge >= 0.3 is 0 Å². The zero-order chi connectivity index (χ0) is 19.3. The van der Waals surface area contributed by atoms with Gasteiger partial charge in [-0.1, -0.05) is 19.9 Å². The van der Waals surface area contributed by atoms with Crippen LogP contribution in [0.4, 0.5) is 0 Å². The number of aromatic nitrogens is 4. The Bertz CT molecular complexity index is 1240. The number of aryl methyl sites for hydroxylation is 1. The lowest BCUT2D eigenvalue weighted by Crippen LogP contribution is -2.36. The first-order chi connectivity index (χ1) is 13.5. The third kappa shape index (κ3) is 2.81. The molecule has 3 aromatic heterocycles. The van der Waals surface area contributed by atoms with Gasteiger partial charge in [0.1, 0.15) is 11.5 Å². The van der Waals surface area contributed by atoms with Crippen molar-refractivity contribution >= 4 is 10.9 Å². The summed E-state index contributed by atoms with van der Waals surface area (Å²) in [7, 11) is 0. The van der Waals surface area contributed by atoms with E-state index in [0.717, 1.165) is 29.9 Å². The Morgan fingerprint density at radius 2 is 2.04 bits per heavy atom. The second-order valence-corrected chi connectivity index (χ2v) is 8.06. The van der Waals surface area contributed by atoms with E-state index in [0.29, 0.717) is 29.1 Å². The first-order valence-electron chi connectivity index (χ1n) is 9.41. The van der Waals surface area contributed by atoms with Crippen molar-refractivity contribution in [3.05, 3.63) is 65.0 Å². The Labute approximate surface area is 161 Å². The molecule has 0 unspecified atom stereocenters. The lowest BCUT2D eigenvalue weighted by Gasteiger charge is -2.31. The molecule has 28 heavy (non-hydrogen) atoms. The number of hydrogen-bond acceptors (Lipinski definition) is 5. The number of nitrogens with zero attached hydrogens (tertiary/aromatic N) is 4. The van der Waals surface area contributed by atoms with Gasteiger partial charge in [-0.05, 0) is 42.2 Å². The highest BCUT2D eigenvalue weighted by Gasteiger charge is 2.27. The maximum Gasteiger partial charge on any atom is 0.261 e.